The second-order valence-corrected chi connectivity index (χ2v) is 18.5. The molecule has 2 atom stereocenters. The van der Waals surface area contributed by atoms with E-state index in [2.05, 4.69) is 21.3 Å². The lowest BCUT2D eigenvalue weighted by atomic mass is 9.77. The molecule has 4 aromatic carbocycles. The van der Waals surface area contributed by atoms with E-state index in [0.29, 0.717) is 47.2 Å². The van der Waals surface area contributed by atoms with Crippen molar-refractivity contribution in [3.8, 4) is 0 Å². The number of anilines is 2. The average Bonchev–Trinajstić information content (AvgIpc) is 3.93. The van der Waals surface area contributed by atoms with Crippen LogP contribution in [0.15, 0.2) is 118 Å². The van der Waals surface area contributed by atoms with Crippen LogP contribution in [-0.2, 0) is 10.8 Å². The highest BCUT2D eigenvalue weighted by atomic mass is 33.1. The number of hydrogen-bond acceptors (Lipinski definition) is 10. The first-order valence-electron chi connectivity index (χ1n) is 19.2. The fourth-order valence-electron chi connectivity index (χ4n) is 7.57. The minimum absolute atomic E-state index is 0.182. The quantitative estimate of drug-likeness (QED) is 0.0493. The van der Waals surface area contributed by atoms with Gasteiger partial charge in [-0.25, -0.2) is 0 Å². The van der Waals surface area contributed by atoms with Crippen molar-refractivity contribution in [1.29, 1.82) is 0 Å². The molecule has 6 aromatic rings. The molecule has 0 spiro atoms. The van der Waals surface area contributed by atoms with Gasteiger partial charge in [0.2, 0.25) is 0 Å². The maximum atomic E-state index is 13.1. The number of nitrogens with one attached hydrogen (secondary N) is 4. The highest BCUT2D eigenvalue weighted by molar-refractivity contribution is 8.76. The van der Waals surface area contributed by atoms with Crippen LogP contribution in [0.1, 0.15) is 71.1 Å². The third-order valence-corrected chi connectivity index (χ3v) is 13.8. The van der Waals surface area contributed by atoms with Crippen LogP contribution < -0.4 is 21.3 Å². The number of carbonyl (C=O) groups excluding carboxylic acids is 2. The minimum Gasteiger partial charge on any atom is -0.457 e. The van der Waals surface area contributed by atoms with E-state index < -0.39 is 22.3 Å². The first-order chi connectivity index (χ1) is 27.8. The highest BCUT2D eigenvalue weighted by Crippen LogP contribution is 2.48. The van der Waals surface area contributed by atoms with Crippen LogP contribution in [0.5, 0.6) is 0 Å². The molecule has 58 heavy (non-hydrogen) atoms. The van der Waals surface area contributed by atoms with E-state index in [1.807, 2.05) is 113 Å². The lowest BCUT2D eigenvalue weighted by Crippen LogP contribution is -2.47. The Kier molecular flexibility index (Phi) is 10.5. The summed E-state index contributed by atoms with van der Waals surface area (Å²) in [4.78, 5) is 26.2. The summed E-state index contributed by atoms with van der Waals surface area (Å²) in [7, 11) is 3.25. The molecular formula is C46H46N4O6S2. The minimum atomic E-state index is -1.39. The SMILES string of the molecule is CC1(C)c2cc(C(=O)NCCSSCCNC(=O)c3ccc4c(c3)C(C)(C)C(O)(/C=C/c3cc5ccccc5o3)N4)ccc2NC1(O)/C=C/c1cc2ccccc2o1. The van der Waals surface area contributed by atoms with Crippen LogP contribution >= 0.6 is 21.6 Å². The summed E-state index contributed by atoms with van der Waals surface area (Å²) in [6, 6.07) is 30.3. The maximum Gasteiger partial charge on any atom is 0.251 e. The summed E-state index contributed by atoms with van der Waals surface area (Å²) in [6.07, 6.45) is 6.97. The maximum absolute atomic E-state index is 13.1. The van der Waals surface area contributed by atoms with E-state index in [9.17, 15) is 19.8 Å². The molecule has 2 aliphatic rings. The first-order valence-corrected chi connectivity index (χ1v) is 21.7. The van der Waals surface area contributed by atoms with Crippen LogP contribution in [0.2, 0.25) is 0 Å². The van der Waals surface area contributed by atoms with Crippen molar-refractivity contribution in [3.05, 3.63) is 143 Å². The Balaban J connectivity index is 0.773. The molecule has 0 aliphatic carbocycles. The molecule has 298 valence electrons. The number of hydrogen-bond donors (Lipinski definition) is 6. The van der Waals surface area contributed by atoms with Gasteiger partial charge in [0.05, 0.1) is 0 Å². The summed E-state index contributed by atoms with van der Waals surface area (Å²) in [5.74, 6) is 2.30. The molecule has 4 heterocycles. The van der Waals surface area contributed by atoms with E-state index in [4.69, 9.17) is 8.83 Å². The van der Waals surface area contributed by atoms with Gasteiger partial charge in [-0.1, -0.05) is 85.7 Å². The van der Waals surface area contributed by atoms with Crippen molar-refractivity contribution in [2.24, 2.45) is 0 Å². The summed E-state index contributed by atoms with van der Waals surface area (Å²) >= 11 is 0. The molecule has 0 bridgehead atoms. The predicted molar refractivity (Wildman–Crippen MR) is 236 cm³/mol. The zero-order valence-electron chi connectivity index (χ0n) is 32.7. The molecule has 0 saturated heterocycles. The molecule has 2 aromatic heterocycles. The van der Waals surface area contributed by atoms with Gasteiger partial charge in [-0.2, -0.15) is 0 Å². The molecule has 2 amide bonds. The number of rotatable bonds is 13. The number of carbonyl (C=O) groups is 2. The van der Waals surface area contributed by atoms with Crippen molar-refractivity contribution < 1.29 is 28.6 Å². The Bertz CT molecular complexity index is 2350. The smallest absolute Gasteiger partial charge is 0.251 e. The van der Waals surface area contributed by atoms with Gasteiger partial charge < -0.3 is 40.3 Å². The van der Waals surface area contributed by atoms with Gasteiger partial charge in [-0.05, 0) is 96.1 Å². The Morgan fingerprint density at radius 3 is 1.45 bits per heavy atom. The van der Waals surface area contributed by atoms with Crippen LogP contribution in [0.4, 0.5) is 11.4 Å². The van der Waals surface area contributed by atoms with Crippen molar-refractivity contribution in [2.75, 3.05) is 35.2 Å². The Hall–Kier alpha value is -5.40. The van der Waals surface area contributed by atoms with Gasteiger partial charge >= 0.3 is 0 Å². The summed E-state index contributed by atoms with van der Waals surface area (Å²) in [5.41, 5.74) is 1.57. The molecule has 6 N–H and O–H groups in total. The second-order valence-electron chi connectivity index (χ2n) is 15.7. The fraction of sp³-hybridized carbons (Fsp3) is 0.261. The molecule has 0 radical (unpaired) electrons. The van der Waals surface area contributed by atoms with Crippen molar-refractivity contribution in [2.45, 2.75) is 50.0 Å². The first kappa shape index (κ1) is 39.4. The highest BCUT2D eigenvalue weighted by Gasteiger charge is 2.51. The zero-order chi connectivity index (χ0) is 40.7. The molecule has 0 fully saturated rings. The zero-order valence-corrected chi connectivity index (χ0v) is 34.4. The van der Waals surface area contributed by atoms with Gasteiger partial charge in [0.15, 0.2) is 11.4 Å². The molecule has 2 unspecified atom stereocenters. The molecule has 8 rings (SSSR count). The van der Waals surface area contributed by atoms with Crippen LogP contribution in [0.3, 0.4) is 0 Å². The van der Waals surface area contributed by atoms with Gasteiger partial charge in [-0.3, -0.25) is 9.59 Å². The number of benzene rings is 4. The number of para-hydroxylation sites is 2. The second kappa shape index (κ2) is 15.4. The van der Waals surface area contributed by atoms with Crippen molar-refractivity contribution in [1.82, 2.24) is 10.6 Å². The van der Waals surface area contributed by atoms with Gasteiger partial charge in [-0.15, -0.1) is 0 Å². The molecule has 12 heteroatoms. The summed E-state index contributed by atoms with van der Waals surface area (Å²) < 4.78 is 11.8. The predicted octanol–water partition coefficient (Wildman–Crippen LogP) is 8.93. The van der Waals surface area contributed by atoms with E-state index >= 15 is 0 Å². The van der Waals surface area contributed by atoms with E-state index in [-0.39, 0.29) is 11.8 Å². The summed E-state index contributed by atoms with van der Waals surface area (Å²) in [5, 5.41) is 37.9. The fourth-order valence-corrected chi connectivity index (χ4v) is 9.38. The standard InChI is InChI=1S/C46H46N4O6S2/c1-43(2)35-27-31(13-15-37(35)49-45(43,53)19-17-33-25-29-9-5-7-11-39(29)55-33)41(51)47-21-23-57-58-24-22-48-42(52)32-14-16-38-36(28-32)44(3,4)46(54,50-38)20-18-34-26-30-10-6-8-12-40(30)56-34/h5-20,25-28,49-50,53-54H,21-24H2,1-4H3,(H,47,51)(H,48,52)/b19-17+,20-18+. The van der Waals surface area contributed by atoms with E-state index in [1.165, 1.54) is 0 Å². The van der Waals surface area contributed by atoms with E-state index in [0.717, 1.165) is 44.4 Å². The normalized spacial score (nSPS) is 20.3. The average molecular weight is 815 g/mol. The number of furan rings is 2. The number of aliphatic hydroxyl groups is 2. The van der Waals surface area contributed by atoms with Gasteiger partial charge in [0.25, 0.3) is 11.8 Å². The molecular weight excluding hydrogens is 769 g/mol. The lowest BCUT2D eigenvalue weighted by molar-refractivity contribution is 0.0587. The lowest BCUT2D eigenvalue weighted by Gasteiger charge is -2.34. The Morgan fingerprint density at radius 1 is 0.621 bits per heavy atom. The number of fused-ring (bicyclic) bond motifs is 4. The Labute approximate surface area is 344 Å². The molecule has 2 aliphatic heterocycles. The van der Waals surface area contributed by atoms with Crippen LogP contribution in [-0.4, -0.2) is 58.1 Å². The van der Waals surface area contributed by atoms with Gasteiger partial charge in [0.1, 0.15) is 22.7 Å². The third-order valence-electron chi connectivity index (χ3n) is 11.4. The van der Waals surface area contributed by atoms with Gasteiger partial charge in [0, 0.05) is 68.7 Å². The van der Waals surface area contributed by atoms with Crippen molar-refractivity contribution in [3.63, 3.8) is 0 Å². The van der Waals surface area contributed by atoms with Crippen LogP contribution in [0, 0.1) is 0 Å². The Morgan fingerprint density at radius 2 is 1.03 bits per heavy atom. The molecule has 0 saturated carbocycles. The van der Waals surface area contributed by atoms with E-state index in [1.54, 1.807) is 58.0 Å². The monoisotopic (exact) mass is 814 g/mol. The third kappa shape index (κ3) is 7.41. The largest absolute Gasteiger partial charge is 0.457 e. The van der Waals surface area contributed by atoms with Crippen LogP contribution in [0.25, 0.3) is 34.1 Å². The topological polar surface area (TPSA) is 149 Å². The number of amides is 2. The summed E-state index contributed by atoms with van der Waals surface area (Å²) in [6.45, 7) is 8.74. The molecule has 10 nitrogen and oxygen atoms in total. The van der Waals surface area contributed by atoms with Crippen molar-refractivity contribution >= 4 is 78.9 Å².